The molecule has 1 unspecified atom stereocenters. The largest absolute Gasteiger partial charge is 0.790 e. The number of rotatable bonds is 8. The zero-order valence-electron chi connectivity index (χ0n) is 17.8. The third kappa shape index (κ3) is 6.61. The summed E-state index contributed by atoms with van der Waals surface area (Å²) in [6.07, 6.45) is 9.23. The second-order valence-corrected chi connectivity index (χ2v) is 12.2. The minimum absolute atomic E-state index is 0.232. The second kappa shape index (κ2) is 9.08. The van der Waals surface area contributed by atoms with Crippen molar-refractivity contribution in [2.45, 2.75) is 72.6 Å². The van der Waals surface area contributed by atoms with E-state index in [4.69, 9.17) is 0 Å². The van der Waals surface area contributed by atoms with Gasteiger partial charge in [-0.3, -0.25) is 8.88 Å². The van der Waals surface area contributed by atoms with E-state index in [1.54, 1.807) is 6.08 Å². The van der Waals surface area contributed by atoms with Gasteiger partial charge >= 0.3 is 0 Å². The van der Waals surface area contributed by atoms with E-state index in [1.165, 1.54) is 31.3 Å². The highest BCUT2D eigenvalue weighted by molar-refractivity contribution is 7.58. The Hall–Kier alpha value is -0.260. The molecule has 0 radical (unpaired) electrons. The second-order valence-electron chi connectivity index (χ2n) is 9.51. The van der Waals surface area contributed by atoms with Crippen LogP contribution >= 0.6 is 15.6 Å². The summed E-state index contributed by atoms with van der Waals surface area (Å²) >= 11 is 0. The fourth-order valence-corrected chi connectivity index (χ4v) is 7.12. The molecule has 2 fully saturated rings. The van der Waals surface area contributed by atoms with Crippen LogP contribution < -0.4 is 14.7 Å². The third-order valence-electron chi connectivity index (χ3n) is 7.01. The van der Waals surface area contributed by atoms with Crippen LogP contribution in [0, 0.1) is 22.7 Å². The summed E-state index contributed by atoms with van der Waals surface area (Å²) in [6, 6.07) is 0. The first-order chi connectivity index (χ1) is 13.2. The van der Waals surface area contributed by atoms with Gasteiger partial charge < -0.3 is 23.8 Å². The molecule has 0 spiro atoms. The Morgan fingerprint density at radius 2 is 1.90 bits per heavy atom. The van der Waals surface area contributed by atoms with Crippen molar-refractivity contribution in [3.8, 4) is 0 Å². The van der Waals surface area contributed by atoms with Gasteiger partial charge in [0.1, 0.15) is 0 Å². The molecule has 0 saturated heterocycles. The zero-order chi connectivity index (χ0) is 22.1. The Kier molecular flexibility index (Phi) is 7.83. The van der Waals surface area contributed by atoms with Crippen LogP contribution in [0.3, 0.4) is 0 Å². The van der Waals surface area contributed by atoms with Crippen molar-refractivity contribution in [3.05, 3.63) is 23.8 Å². The Bertz CT molecular complexity index is 739. The van der Waals surface area contributed by atoms with Crippen LogP contribution in [-0.4, -0.2) is 6.61 Å². The summed E-state index contributed by atoms with van der Waals surface area (Å²) in [6.45, 7) is 13.0. The van der Waals surface area contributed by atoms with E-state index in [2.05, 4.69) is 36.2 Å². The third-order valence-corrected chi connectivity index (χ3v) is 9.08. The molecule has 7 nitrogen and oxygen atoms in total. The molecule has 2 rings (SSSR count). The first-order valence-electron chi connectivity index (χ1n) is 10.2. The van der Waals surface area contributed by atoms with Crippen molar-refractivity contribution in [2.75, 3.05) is 6.61 Å². The molecule has 168 valence electrons. The molecule has 0 bridgehead atoms. The van der Waals surface area contributed by atoms with Crippen LogP contribution in [-0.2, 0) is 18.0 Å². The highest BCUT2D eigenvalue weighted by Crippen LogP contribution is 2.61. The van der Waals surface area contributed by atoms with Crippen LogP contribution in [0.1, 0.15) is 72.6 Å². The molecule has 0 aromatic rings. The Labute approximate surface area is 174 Å². The molecule has 0 heterocycles. The number of fused-ring (bicyclic) bond motifs is 1. The van der Waals surface area contributed by atoms with Gasteiger partial charge in [-0.1, -0.05) is 51.0 Å². The fourth-order valence-electron chi connectivity index (χ4n) is 5.70. The van der Waals surface area contributed by atoms with E-state index < -0.39 is 15.6 Å². The van der Waals surface area contributed by atoms with E-state index in [9.17, 15) is 23.8 Å². The maximum absolute atomic E-state index is 11.3. The lowest BCUT2D eigenvalue weighted by atomic mass is 9.47. The predicted molar refractivity (Wildman–Crippen MR) is 106 cm³/mol. The molecule has 0 N–H and O–H groups in total. The highest BCUT2D eigenvalue weighted by atomic mass is 31.3. The van der Waals surface area contributed by atoms with Crippen molar-refractivity contribution in [1.29, 1.82) is 0 Å². The quantitative estimate of drug-likeness (QED) is 0.409. The van der Waals surface area contributed by atoms with Crippen LogP contribution in [0.4, 0.5) is 0 Å². The maximum atomic E-state index is 11.3. The fraction of sp³-hybridized carbons (Fsp3) is 0.800. The first-order valence-corrected chi connectivity index (χ1v) is 13.1. The Morgan fingerprint density at radius 3 is 2.52 bits per heavy atom. The molecular formula is C20H33O7P2-3. The molecular weight excluding hydrogens is 414 g/mol. The molecule has 0 aromatic heterocycles. The molecule has 2 aliphatic rings. The zero-order valence-corrected chi connectivity index (χ0v) is 19.6. The number of allylic oxidation sites excluding steroid dienone is 2. The average molecular weight is 447 g/mol. The molecule has 29 heavy (non-hydrogen) atoms. The van der Waals surface area contributed by atoms with Gasteiger partial charge in [0.2, 0.25) is 0 Å². The lowest BCUT2D eigenvalue weighted by Crippen LogP contribution is -2.49. The van der Waals surface area contributed by atoms with Gasteiger partial charge in [-0.2, -0.15) is 0 Å². The summed E-state index contributed by atoms with van der Waals surface area (Å²) < 4.78 is 29.6. The molecule has 4 atom stereocenters. The molecule has 9 heteroatoms. The lowest BCUT2D eigenvalue weighted by Gasteiger charge is -2.58. The van der Waals surface area contributed by atoms with Gasteiger partial charge in [0.15, 0.2) is 0 Å². The summed E-state index contributed by atoms with van der Waals surface area (Å²) in [7, 11) is -10.8. The van der Waals surface area contributed by atoms with Crippen molar-refractivity contribution < 1.29 is 32.6 Å². The van der Waals surface area contributed by atoms with Gasteiger partial charge in [0, 0.05) is 0 Å². The van der Waals surface area contributed by atoms with E-state index in [0.29, 0.717) is 17.3 Å². The monoisotopic (exact) mass is 447 g/mol. The number of phosphoric ester groups is 1. The van der Waals surface area contributed by atoms with Gasteiger partial charge in [0.05, 0.1) is 14.4 Å². The summed E-state index contributed by atoms with van der Waals surface area (Å²) in [4.78, 5) is 32.1. The first kappa shape index (κ1) is 25.0. The predicted octanol–water partition coefficient (Wildman–Crippen LogP) is 3.84. The smallest absolute Gasteiger partial charge is 0.272 e. The van der Waals surface area contributed by atoms with Crippen molar-refractivity contribution in [3.63, 3.8) is 0 Å². The molecule has 0 amide bonds. The van der Waals surface area contributed by atoms with Gasteiger partial charge in [0.25, 0.3) is 7.82 Å². The van der Waals surface area contributed by atoms with Crippen molar-refractivity contribution in [2.24, 2.45) is 22.7 Å². The van der Waals surface area contributed by atoms with Crippen molar-refractivity contribution in [1.82, 2.24) is 0 Å². The highest BCUT2D eigenvalue weighted by Gasteiger charge is 2.52. The number of phosphoric acid groups is 2. The van der Waals surface area contributed by atoms with Crippen LogP contribution in [0.5, 0.6) is 0 Å². The SMILES string of the molecule is C=C1CC[C@@H]2C(C)(C)CCC[C@@]2(C)[C@@H]1CC/C(C)=C/COP(=O)([O-])OP(=O)([O-])[O-]. The van der Waals surface area contributed by atoms with Crippen LogP contribution in [0.25, 0.3) is 0 Å². The van der Waals surface area contributed by atoms with Gasteiger partial charge in [-0.25, -0.2) is 0 Å². The van der Waals surface area contributed by atoms with Gasteiger partial charge in [-0.05, 0) is 68.1 Å². The standard InChI is InChI=1S/C20H36O7P2/c1-15(11-14-26-29(24,25)27-28(21,22)23)7-9-17-16(2)8-10-18-19(3,4)12-6-13-20(17,18)5/h11,17-18H,2,6-10,12-14H2,1,3-5H3,(H,24,25)(H2,21,22,23)/p-3/b15-11+/t17-,18-,20+/m1/s1. The van der Waals surface area contributed by atoms with Crippen LogP contribution in [0.2, 0.25) is 0 Å². The Balaban J connectivity index is 1.97. The molecule has 0 aromatic carbocycles. The maximum Gasteiger partial charge on any atom is 0.272 e. The van der Waals surface area contributed by atoms with E-state index in [-0.39, 0.29) is 12.0 Å². The van der Waals surface area contributed by atoms with Gasteiger partial charge in [-0.15, -0.1) is 0 Å². The van der Waals surface area contributed by atoms with E-state index in [1.807, 2.05) is 6.92 Å². The minimum Gasteiger partial charge on any atom is -0.790 e. The average Bonchev–Trinajstić information content (AvgIpc) is 2.50. The minimum atomic E-state index is -5.65. The molecule has 2 aliphatic carbocycles. The van der Waals surface area contributed by atoms with Crippen molar-refractivity contribution >= 4 is 15.6 Å². The summed E-state index contributed by atoms with van der Waals surface area (Å²) in [5, 5.41) is 0. The Morgan fingerprint density at radius 1 is 1.24 bits per heavy atom. The summed E-state index contributed by atoms with van der Waals surface area (Å²) in [5.41, 5.74) is 2.81. The normalized spacial score (nSPS) is 32.5. The van der Waals surface area contributed by atoms with E-state index in [0.717, 1.165) is 24.8 Å². The van der Waals surface area contributed by atoms with E-state index >= 15 is 0 Å². The molecule has 0 aliphatic heterocycles. The lowest BCUT2D eigenvalue weighted by molar-refractivity contribution is -0.339. The number of hydrogen-bond acceptors (Lipinski definition) is 7. The van der Waals surface area contributed by atoms with Crippen LogP contribution in [0.15, 0.2) is 23.8 Å². The number of hydrogen-bond donors (Lipinski definition) is 0. The topological polar surface area (TPSA) is 122 Å². The molecule has 2 saturated carbocycles. The summed E-state index contributed by atoms with van der Waals surface area (Å²) in [5.74, 6) is 1.09.